The minimum absolute atomic E-state index is 0.360. The number of benzene rings is 2. The molecule has 29 heavy (non-hydrogen) atoms. The van der Waals surface area contributed by atoms with Gasteiger partial charge in [0.1, 0.15) is 0 Å². The third kappa shape index (κ3) is 2.83. The molecular formula is C27H25HfSi. The van der Waals surface area contributed by atoms with E-state index in [1.54, 1.807) is 19.6 Å². The first-order chi connectivity index (χ1) is 14.0. The summed E-state index contributed by atoms with van der Waals surface area (Å²) in [5, 5.41) is 1.65. The Morgan fingerprint density at radius 1 is 0.862 bits per heavy atom. The van der Waals surface area contributed by atoms with Gasteiger partial charge in [-0.1, -0.05) is 0 Å². The summed E-state index contributed by atoms with van der Waals surface area (Å²) in [6.07, 6.45) is 7.13. The van der Waals surface area contributed by atoms with Crippen LogP contribution in [0.25, 0.3) is 11.1 Å². The summed E-state index contributed by atoms with van der Waals surface area (Å²) < 4.78 is 1.59. The molecule has 0 aromatic heterocycles. The Balaban J connectivity index is 1.83. The van der Waals surface area contributed by atoms with Gasteiger partial charge in [-0.15, -0.1) is 0 Å². The van der Waals surface area contributed by atoms with Crippen molar-refractivity contribution in [1.82, 2.24) is 0 Å². The number of rotatable bonds is 1. The van der Waals surface area contributed by atoms with Crippen LogP contribution in [0.15, 0.2) is 92.4 Å². The number of hydrogen-bond donors (Lipinski definition) is 0. The zero-order valence-electron chi connectivity index (χ0n) is 17.5. The van der Waals surface area contributed by atoms with Crippen molar-refractivity contribution in [1.29, 1.82) is 0 Å². The van der Waals surface area contributed by atoms with Gasteiger partial charge < -0.3 is 0 Å². The third-order valence-corrected chi connectivity index (χ3v) is 10.8. The second kappa shape index (κ2) is 7.25. The fourth-order valence-electron chi connectivity index (χ4n) is 5.44. The van der Waals surface area contributed by atoms with E-state index in [0.717, 1.165) is 24.4 Å². The Labute approximate surface area is 190 Å². The molecule has 0 fully saturated rings. The van der Waals surface area contributed by atoms with E-state index in [1.165, 1.54) is 33.4 Å². The molecule has 1 atom stereocenters. The molecule has 3 aliphatic carbocycles. The van der Waals surface area contributed by atoms with Crippen LogP contribution in [0.3, 0.4) is 0 Å². The van der Waals surface area contributed by atoms with Crippen molar-refractivity contribution in [3.8, 4) is 11.1 Å². The third-order valence-electron chi connectivity index (χ3n) is 6.77. The number of hydrogen-bond acceptors (Lipinski definition) is 0. The van der Waals surface area contributed by atoms with E-state index >= 15 is 0 Å². The maximum atomic E-state index is 2.45. The molecule has 0 bridgehead atoms. The van der Waals surface area contributed by atoms with Gasteiger partial charge in [-0.05, 0) is 0 Å². The summed E-state index contributed by atoms with van der Waals surface area (Å²) in [7, 11) is -0.490. The van der Waals surface area contributed by atoms with Gasteiger partial charge in [0.15, 0.2) is 0 Å². The van der Waals surface area contributed by atoms with E-state index in [1.807, 2.05) is 0 Å². The van der Waals surface area contributed by atoms with Gasteiger partial charge in [-0.3, -0.25) is 0 Å². The average molecular weight is 556 g/mol. The summed E-state index contributed by atoms with van der Waals surface area (Å²) in [5.41, 5.74) is 12.1. The van der Waals surface area contributed by atoms with Crippen LogP contribution in [0.2, 0.25) is 13.1 Å². The molecule has 0 radical (unpaired) electrons. The van der Waals surface area contributed by atoms with Gasteiger partial charge in [0.05, 0.1) is 0 Å². The van der Waals surface area contributed by atoms with Crippen LogP contribution in [-0.4, -0.2) is 13.6 Å². The fraction of sp³-hybridized carbons (Fsp3) is 0.222. The molecular weight excluding hydrogens is 531 g/mol. The van der Waals surface area contributed by atoms with E-state index in [4.69, 9.17) is 0 Å². The first-order valence-corrected chi connectivity index (χ1v) is 14.7. The van der Waals surface area contributed by atoms with Crippen molar-refractivity contribution in [2.45, 2.75) is 32.9 Å². The van der Waals surface area contributed by atoms with Crippen molar-refractivity contribution >= 4 is 13.6 Å². The van der Waals surface area contributed by atoms with Gasteiger partial charge in [0.2, 0.25) is 0 Å². The van der Waals surface area contributed by atoms with Crippen LogP contribution in [0.1, 0.15) is 30.9 Å². The SMILES string of the molecule is CC1=[C]([Hf])C2=CC=CC(=[Si](C)C)C(C)C2=C1C1c2ccccc2-c2ccccc21. The van der Waals surface area contributed by atoms with Gasteiger partial charge in [-0.2, -0.15) is 0 Å². The summed E-state index contributed by atoms with van der Waals surface area (Å²) in [5.74, 6) is 0.860. The maximum absolute atomic E-state index is 2.45. The molecule has 0 N–H and O–H groups in total. The second-order valence-corrected chi connectivity index (χ2v) is 12.9. The molecule has 0 heterocycles. The van der Waals surface area contributed by atoms with Crippen LogP contribution < -0.4 is 0 Å². The van der Waals surface area contributed by atoms with Crippen LogP contribution in [-0.2, 0) is 24.4 Å². The molecule has 5 rings (SSSR count). The summed E-state index contributed by atoms with van der Waals surface area (Å²) in [6.45, 7) is 9.70. The molecule has 2 heteroatoms. The quantitative estimate of drug-likeness (QED) is 0.349. The van der Waals surface area contributed by atoms with Crippen molar-refractivity contribution in [2.24, 2.45) is 5.92 Å². The zero-order chi connectivity index (χ0) is 20.3. The molecule has 0 nitrogen and oxygen atoms in total. The Morgan fingerprint density at radius 2 is 1.45 bits per heavy atom. The monoisotopic (exact) mass is 557 g/mol. The molecule has 2 aromatic rings. The van der Waals surface area contributed by atoms with Crippen molar-refractivity contribution in [2.75, 3.05) is 0 Å². The van der Waals surface area contributed by atoms with Gasteiger partial charge in [0.25, 0.3) is 0 Å². The van der Waals surface area contributed by atoms with Gasteiger partial charge in [-0.25, -0.2) is 0 Å². The van der Waals surface area contributed by atoms with Crippen molar-refractivity contribution in [3.05, 3.63) is 104 Å². The number of fused-ring (bicyclic) bond motifs is 4. The van der Waals surface area contributed by atoms with E-state index in [0.29, 0.717) is 11.8 Å². The first-order valence-electron chi connectivity index (χ1n) is 10.4. The second-order valence-electron chi connectivity index (χ2n) is 8.55. The molecule has 1 unspecified atom stereocenters. The van der Waals surface area contributed by atoms with Crippen LogP contribution >= 0.6 is 0 Å². The van der Waals surface area contributed by atoms with E-state index in [9.17, 15) is 0 Å². The predicted octanol–water partition coefficient (Wildman–Crippen LogP) is 6.57. The normalized spacial score (nSPS) is 20.4. The Bertz CT molecular complexity index is 1150. The van der Waals surface area contributed by atoms with Gasteiger partial charge >= 0.3 is 191 Å². The van der Waals surface area contributed by atoms with E-state index in [-0.39, 0.29) is 0 Å². The Kier molecular flexibility index (Phi) is 4.83. The van der Waals surface area contributed by atoms with Crippen molar-refractivity contribution < 1.29 is 24.4 Å². The summed E-state index contributed by atoms with van der Waals surface area (Å²) in [6, 6.07) is 18.1. The summed E-state index contributed by atoms with van der Waals surface area (Å²) >= 11 is 1.09. The zero-order valence-corrected chi connectivity index (χ0v) is 22.1. The Hall–Kier alpha value is -1.64. The molecule has 0 amide bonds. The molecule has 0 saturated carbocycles. The number of allylic oxidation sites excluding steroid dienone is 8. The molecule has 141 valence electrons. The predicted molar refractivity (Wildman–Crippen MR) is 122 cm³/mol. The Morgan fingerprint density at radius 3 is 2.03 bits per heavy atom. The minimum atomic E-state index is -0.490. The molecule has 0 saturated heterocycles. The fourth-order valence-corrected chi connectivity index (χ4v) is 8.15. The molecule has 0 aliphatic heterocycles. The molecule has 0 spiro atoms. The van der Waals surface area contributed by atoms with Gasteiger partial charge in [0, 0.05) is 0 Å². The van der Waals surface area contributed by atoms with Crippen LogP contribution in [0.4, 0.5) is 0 Å². The first kappa shape index (κ1) is 19.3. The standard InChI is InChI=1S/C27H25Si.Hf/c1-17-16-19-10-9-15-24(28(3)4)18(2)26(19)25(17)27-22-13-7-5-11-20(22)21-12-6-8-14-23(21)27;/h5-15,18,27H,1-4H3;. The molecule has 2 aromatic carbocycles. The van der Waals surface area contributed by atoms with E-state index in [2.05, 4.69) is 93.7 Å². The van der Waals surface area contributed by atoms with Crippen LogP contribution in [0.5, 0.6) is 0 Å². The van der Waals surface area contributed by atoms with Crippen LogP contribution in [0, 0.1) is 5.92 Å². The van der Waals surface area contributed by atoms with E-state index < -0.39 is 8.41 Å². The average Bonchev–Trinajstić information content (AvgIpc) is 3.09. The topological polar surface area (TPSA) is 0 Å². The molecule has 3 aliphatic rings. The van der Waals surface area contributed by atoms with Crippen molar-refractivity contribution in [3.63, 3.8) is 0 Å². The summed E-state index contributed by atoms with van der Waals surface area (Å²) in [4.78, 5) is 0.